The van der Waals surface area contributed by atoms with E-state index in [1.165, 1.54) is 6.20 Å². The van der Waals surface area contributed by atoms with Gasteiger partial charge in [0.25, 0.3) is 5.09 Å². The first kappa shape index (κ1) is 8.79. The SMILES string of the molecule is O=[N+]([O-])OCCc1ncc(Cl)[nH]1. The third kappa shape index (κ3) is 2.75. The maximum absolute atomic E-state index is 9.72. The highest BCUT2D eigenvalue weighted by molar-refractivity contribution is 6.29. The van der Waals surface area contributed by atoms with Gasteiger partial charge in [0.05, 0.1) is 6.20 Å². The average molecular weight is 192 g/mol. The minimum Gasteiger partial charge on any atom is -0.333 e. The van der Waals surface area contributed by atoms with Gasteiger partial charge in [-0.05, 0) is 0 Å². The molecule has 0 amide bonds. The monoisotopic (exact) mass is 191 g/mol. The molecule has 0 unspecified atom stereocenters. The molecule has 1 aromatic rings. The van der Waals surface area contributed by atoms with Gasteiger partial charge in [-0.25, -0.2) is 4.98 Å². The molecule has 1 N–H and O–H groups in total. The summed E-state index contributed by atoms with van der Waals surface area (Å²) in [5.74, 6) is 0.571. The molecule has 0 aliphatic rings. The normalized spacial score (nSPS) is 9.75. The van der Waals surface area contributed by atoms with Crippen molar-refractivity contribution in [1.82, 2.24) is 9.97 Å². The summed E-state index contributed by atoms with van der Waals surface area (Å²) in [7, 11) is 0. The molecular formula is C5H6ClN3O3. The van der Waals surface area contributed by atoms with E-state index in [1.54, 1.807) is 0 Å². The summed E-state index contributed by atoms with van der Waals surface area (Å²) >= 11 is 5.51. The van der Waals surface area contributed by atoms with E-state index in [0.717, 1.165) is 0 Å². The summed E-state index contributed by atoms with van der Waals surface area (Å²) in [5, 5.41) is 9.29. The average Bonchev–Trinajstić information content (AvgIpc) is 2.35. The van der Waals surface area contributed by atoms with Crippen LogP contribution in [0.2, 0.25) is 5.15 Å². The number of H-pyrrole nitrogens is 1. The maximum atomic E-state index is 9.72. The van der Waals surface area contributed by atoms with Crippen LogP contribution in [0.15, 0.2) is 6.20 Å². The summed E-state index contributed by atoms with van der Waals surface area (Å²) in [4.78, 5) is 20.3. The Bertz CT molecular complexity index is 275. The van der Waals surface area contributed by atoms with Crippen LogP contribution in [0.1, 0.15) is 5.82 Å². The number of imidazole rings is 1. The number of nitrogens with one attached hydrogen (secondary N) is 1. The second kappa shape index (κ2) is 3.91. The number of hydrogen-bond donors (Lipinski definition) is 1. The minimum atomic E-state index is -0.843. The van der Waals surface area contributed by atoms with Crippen molar-refractivity contribution in [2.45, 2.75) is 6.42 Å². The van der Waals surface area contributed by atoms with Crippen molar-refractivity contribution < 1.29 is 9.92 Å². The smallest absolute Gasteiger partial charge is 0.294 e. The van der Waals surface area contributed by atoms with E-state index in [1.807, 2.05) is 0 Å². The zero-order chi connectivity index (χ0) is 8.97. The molecule has 1 rings (SSSR count). The van der Waals surface area contributed by atoms with Gasteiger partial charge >= 0.3 is 0 Å². The molecule has 0 saturated carbocycles. The van der Waals surface area contributed by atoms with Crippen molar-refractivity contribution in [1.29, 1.82) is 0 Å². The molecule has 12 heavy (non-hydrogen) atoms. The van der Waals surface area contributed by atoms with E-state index in [4.69, 9.17) is 11.6 Å². The molecule has 6 nitrogen and oxygen atoms in total. The number of nitrogens with zero attached hydrogens (tertiary/aromatic N) is 2. The Morgan fingerprint density at radius 3 is 3.08 bits per heavy atom. The van der Waals surface area contributed by atoms with Crippen LogP contribution in [0.25, 0.3) is 0 Å². The van der Waals surface area contributed by atoms with Crippen LogP contribution in [0.4, 0.5) is 0 Å². The predicted octanol–water partition coefficient (Wildman–Crippen LogP) is 0.814. The first-order chi connectivity index (χ1) is 5.68. The molecule has 0 fully saturated rings. The van der Waals surface area contributed by atoms with Gasteiger partial charge in [-0.3, -0.25) is 0 Å². The van der Waals surface area contributed by atoms with E-state index in [2.05, 4.69) is 14.8 Å². The van der Waals surface area contributed by atoms with Gasteiger partial charge in [-0.1, -0.05) is 11.6 Å². The fraction of sp³-hybridized carbons (Fsp3) is 0.400. The summed E-state index contributed by atoms with van der Waals surface area (Å²) in [6, 6.07) is 0. The van der Waals surface area contributed by atoms with Crippen LogP contribution in [0, 0.1) is 10.1 Å². The zero-order valence-electron chi connectivity index (χ0n) is 5.99. The molecule has 1 heterocycles. The van der Waals surface area contributed by atoms with E-state index < -0.39 is 5.09 Å². The fourth-order valence-corrected chi connectivity index (χ4v) is 0.839. The highest BCUT2D eigenvalue weighted by atomic mass is 35.5. The largest absolute Gasteiger partial charge is 0.333 e. The third-order valence-electron chi connectivity index (χ3n) is 1.13. The Hall–Kier alpha value is -1.30. The highest BCUT2D eigenvalue weighted by Crippen LogP contribution is 2.03. The number of hydrogen-bond acceptors (Lipinski definition) is 4. The van der Waals surface area contributed by atoms with E-state index >= 15 is 0 Å². The van der Waals surface area contributed by atoms with Gasteiger partial charge in [0.1, 0.15) is 17.6 Å². The molecule has 0 spiro atoms. The Balaban J connectivity index is 2.29. The van der Waals surface area contributed by atoms with Crippen LogP contribution in [0.3, 0.4) is 0 Å². The maximum Gasteiger partial charge on any atom is 0.294 e. The number of halogens is 1. The minimum absolute atomic E-state index is 0.0170. The molecule has 0 radical (unpaired) electrons. The van der Waals surface area contributed by atoms with Gasteiger partial charge < -0.3 is 9.82 Å². The van der Waals surface area contributed by atoms with E-state index in [9.17, 15) is 10.1 Å². The second-order valence-electron chi connectivity index (χ2n) is 1.98. The van der Waals surface area contributed by atoms with Gasteiger partial charge in [0, 0.05) is 6.42 Å². The standard InChI is InChI=1S/C5H6ClN3O3/c6-4-3-7-5(8-4)1-2-12-9(10)11/h3H,1-2H2,(H,7,8). The molecule has 0 bridgehead atoms. The van der Waals surface area contributed by atoms with Crippen molar-refractivity contribution in [2.75, 3.05) is 6.61 Å². The Kier molecular flexibility index (Phi) is 2.87. The number of aromatic nitrogens is 2. The molecular weight excluding hydrogens is 186 g/mol. The van der Waals surface area contributed by atoms with Crippen molar-refractivity contribution in [2.24, 2.45) is 0 Å². The van der Waals surface area contributed by atoms with Crippen molar-refractivity contribution in [3.8, 4) is 0 Å². The lowest BCUT2D eigenvalue weighted by atomic mass is 10.4. The van der Waals surface area contributed by atoms with Gasteiger partial charge in [-0.2, -0.15) is 0 Å². The fourth-order valence-electron chi connectivity index (χ4n) is 0.681. The Labute approximate surface area is 72.6 Å². The molecule has 0 saturated heterocycles. The van der Waals surface area contributed by atoms with Crippen molar-refractivity contribution in [3.63, 3.8) is 0 Å². The van der Waals surface area contributed by atoms with Gasteiger partial charge in [-0.15, -0.1) is 10.1 Å². The van der Waals surface area contributed by atoms with Gasteiger partial charge in [0.15, 0.2) is 0 Å². The Morgan fingerprint density at radius 2 is 2.58 bits per heavy atom. The van der Waals surface area contributed by atoms with E-state index in [-0.39, 0.29) is 6.61 Å². The van der Waals surface area contributed by atoms with Crippen LogP contribution in [0.5, 0.6) is 0 Å². The van der Waals surface area contributed by atoms with Crippen molar-refractivity contribution in [3.05, 3.63) is 27.3 Å². The van der Waals surface area contributed by atoms with Crippen molar-refractivity contribution >= 4 is 11.6 Å². The summed E-state index contributed by atoms with van der Waals surface area (Å²) in [5.41, 5.74) is 0. The number of aromatic amines is 1. The summed E-state index contributed by atoms with van der Waals surface area (Å²) in [6.45, 7) is -0.0170. The number of rotatable bonds is 4. The third-order valence-corrected chi connectivity index (χ3v) is 1.33. The molecule has 0 aromatic carbocycles. The molecule has 0 aliphatic heterocycles. The van der Waals surface area contributed by atoms with Crippen LogP contribution >= 0.6 is 11.6 Å². The second-order valence-corrected chi connectivity index (χ2v) is 2.39. The lowest BCUT2D eigenvalue weighted by Gasteiger charge is -1.94. The molecule has 0 aliphatic carbocycles. The van der Waals surface area contributed by atoms with Crippen LogP contribution in [-0.2, 0) is 11.3 Å². The van der Waals surface area contributed by atoms with Crippen LogP contribution in [-0.4, -0.2) is 21.7 Å². The summed E-state index contributed by atoms with van der Waals surface area (Å²) < 4.78 is 0. The Morgan fingerprint density at radius 1 is 1.83 bits per heavy atom. The quantitative estimate of drug-likeness (QED) is 0.564. The molecule has 1 aromatic heterocycles. The molecule has 0 atom stereocenters. The summed E-state index contributed by atoms with van der Waals surface area (Å²) in [6.07, 6.45) is 1.77. The lowest BCUT2D eigenvalue weighted by Crippen LogP contribution is -2.05. The first-order valence-corrected chi connectivity index (χ1v) is 3.53. The molecule has 7 heteroatoms. The highest BCUT2D eigenvalue weighted by Gasteiger charge is 1.99. The predicted molar refractivity (Wildman–Crippen MR) is 40.2 cm³/mol. The van der Waals surface area contributed by atoms with E-state index in [0.29, 0.717) is 17.4 Å². The van der Waals surface area contributed by atoms with Gasteiger partial charge in [0.2, 0.25) is 0 Å². The van der Waals surface area contributed by atoms with Crippen LogP contribution < -0.4 is 0 Å². The lowest BCUT2D eigenvalue weighted by molar-refractivity contribution is -0.757. The zero-order valence-corrected chi connectivity index (χ0v) is 6.74. The first-order valence-electron chi connectivity index (χ1n) is 3.15. The molecule has 66 valence electrons. The topological polar surface area (TPSA) is 81.1 Å².